The highest BCUT2D eigenvalue weighted by Crippen LogP contribution is 2.20. The second-order valence-electron chi connectivity index (χ2n) is 4.40. The Morgan fingerprint density at radius 1 is 1.05 bits per heavy atom. The van der Waals surface area contributed by atoms with Gasteiger partial charge in [-0.25, -0.2) is 13.2 Å². The summed E-state index contributed by atoms with van der Waals surface area (Å²) in [5.41, 5.74) is -0.477. The Morgan fingerprint density at radius 3 is 2.29 bits per heavy atom. The molecule has 0 bridgehead atoms. The summed E-state index contributed by atoms with van der Waals surface area (Å²) < 4.78 is 44.8. The van der Waals surface area contributed by atoms with Crippen molar-refractivity contribution in [2.24, 2.45) is 0 Å². The Kier molecular flexibility index (Phi) is 5.05. The van der Waals surface area contributed by atoms with Crippen molar-refractivity contribution in [2.45, 2.75) is 6.10 Å². The Morgan fingerprint density at radius 2 is 1.67 bits per heavy atom. The minimum atomic E-state index is -1.05. The minimum Gasteiger partial charge on any atom is -0.491 e. The normalized spacial score (nSPS) is 12.0. The van der Waals surface area contributed by atoms with Crippen LogP contribution in [-0.2, 0) is 0 Å². The van der Waals surface area contributed by atoms with Crippen molar-refractivity contribution in [3.05, 3.63) is 59.9 Å². The minimum absolute atomic E-state index is 0.0402. The van der Waals surface area contributed by atoms with Crippen LogP contribution in [-0.4, -0.2) is 24.4 Å². The van der Waals surface area contributed by atoms with Crippen LogP contribution >= 0.6 is 0 Å². The van der Waals surface area contributed by atoms with Crippen molar-refractivity contribution in [1.29, 1.82) is 0 Å². The predicted molar refractivity (Wildman–Crippen MR) is 72.7 cm³/mol. The van der Waals surface area contributed by atoms with Gasteiger partial charge in [0, 0.05) is 18.7 Å². The molecule has 1 atom stereocenters. The van der Waals surface area contributed by atoms with Crippen molar-refractivity contribution in [1.82, 2.24) is 0 Å². The first-order valence-electron chi connectivity index (χ1n) is 6.30. The molecule has 0 spiro atoms. The molecule has 2 aromatic carbocycles. The van der Waals surface area contributed by atoms with E-state index in [1.165, 1.54) is 0 Å². The van der Waals surface area contributed by atoms with Crippen LogP contribution in [0.25, 0.3) is 0 Å². The summed E-state index contributed by atoms with van der Waals surface area (Å²) in [6.45, 7) is -0.173. The summed E-state index contributed by atoms with van der Waals surface area (Å²) in [6.07, 6.45) is -0.978. The van der Waals surface area contributed by atoms with E-state index in [2.05, 4.69) is 5.32 Å². The Labute approximate surface area is 120 Å². The van der Waals surface area contributed by atoms with Gasteiger partial charge < -0.3 is 15.2 Å². The number of para-hydroxylation sites is 1. The van der Waals surface area contributed by atoms with Gasteiger partial charge in [0.15, 0.2) is 11.6 Å². The van der Waals surface area contributed by atoms with Crippen LogP contribution in [0.15, 0.2) is 42.5 Å². The van der Waals surface area contributed by atoms with Gasteiger partial charge in [-0.1, -0.05) is 18.2 Å². The van der Waals surface area contributed by atoms with E-state index >= 15 is 0 Å². The number of halogens is 3. The highest BCUT2D eigenvalue weighted by molar-refractivity contribution is 5.46. The van der Waals surface area contributed by atoms with Crippen LogP contribution in [0.3, 0.4) is 0 Å². The first-order valence-corrected chi connectivity index (χ1v) is 6.30. The predicted octanol–water partition coefficient (Wildman–Crippen LogP) is 2.96. The summed E-state index contributed by atoms with van der Waals surface area (Å²) >= 11 is 0. The Bertz CT molecular complexity index is 570. The van der Waals surface area contributed by atoms with Crippen molar-refractivity contribution in [2.75, 3.05) is 18.5 Å². The summed E-state index contributed by atoms with van der Waals surface area (Å²) in [6, 6.07) is 9.97. The molecular weight excluding hydrogens is 283 g/mol. The Hall–Kier alpha value is -2.21. The molecule has 0 amide bonds. The molecule has 0 saturated heterocycles. The summed E-state index contributed by atoms with van der Waals surface area (Å²) in [4.78, 5) is 0. The Balaban J connectivity index is 1.85. The zero-order chi connectivity index (χ0) is 15.2. The maximum atomic E-state index is 13.4. The number of benzene rings is 2. The van der Waals surface area contributed by atoms with Crippen LogP contribution in [0.1, 0.15) is 0 Å². The fourth-order valence-corrected chi connectivity index (χ4v) is 1.70. The molecule has 1 unspecified atom stereocenters. The number of aliphatic hydroxyl groups excluding tert-OH is 1. The third kappa shape index (κ3) is 4.39. The van der Waals surface area contributed by atoms with Crippen LogP contribution in [0.4, 0.5) is 18.9 Å². The first-order chi connectivity index (χ1) is 10.1. The maximum Gasteiger partial charge on any atom is 0.152 e. The molecule has 112 valence electrons. The number of anilines is 1. The van der Waals surface area contributed by atoms with E-state index < -0.39 is 29.2 Å². The molecule has 0 saturated carbocycles. The fraction of sp³-hybridized carbons (Fsp3) is 0.200. The maximum absolute atomic E-state index is 13.4. The summed E-state index contributed by atoms with van der Waals surface area (Å²) in [7, 11) is 0. The molecule has 21 heavy (non-hydrogen) atoms. The largest absolute Gasteiger partial charge is 0.491 e. The van der Waals surface area contributed by atoms with Crippen LogP contribution in [0.2, 0.25) is 0 Å². The molecule has 3 nitrogen and oxygen atoms in total. The van der Waals surface area contributed by atoms with Gasteiger partial charge >= 0.3 is 0 Å². The smallest absolute Gasteiger partial charge is 0.152 e. The van der Waals surface area contributed by atoms with Crippen molar-refractivity contribution < 1.29 is 23.0 Å². The molecule has 0 aliphatic carbocycles. The molecule has 6 heteroatoms. The fourth-order valence-electron chi connectivity index (χ4n) is 1.70. The van der Waals surface area contributed by atoms with Gasteiger partial charge in [0.2, 0.25) is 0 Å². The van der Waals surface area contributed by atoms with E-state index in [9.17, 15) is 18.3 Å². The number of aliphatic hydroxyl groups is 1. The first kappa shape index (κ1) is 15.2. The number of ether oxygens (including phenoxy) is 1. The molecule has 0 radical (unpaired) electrons. The van der Waals surface area contributed by atoms with E-state index in [0.29, 0.717) is 17.9 Å². The van der Waals surface area contributed by atoms with Crippen molar-refractivity contribution >= 4 is 5.69 Å². The molecule has 2 rings (SSSR count). The monoisotopic (exact) mass is 297 g/mol. The van der Waals surface area contributed by atoms with Crippen LogP contribution in [0.5, 0.6) is 5.75 Å². The second-order valence-corrected chi connectivity index (χ2v) is 4.40. The zero-order valence-corrected chi connectivity index (χ0v) is 11.0. The SMILES string of the molecule is OC(CNc1c(F)cc(F)cc1F)COc1ccccc1. The number of rotatable bonds is 6. The molecule has 2 aromatic rings. The standard InChI is InChI=1S/C15H14F3NO2/c16-10-6-13(17)15(14(18)7-10)19-8-11(20)9-21-12-4-2-1-3-5-12/h1-7,11,19-20H,8-9H2. The number of hydrogen-bond donors (Lipinski definition) is 2. The van der Waals surface area contributed by atoms with Gasteiger partial charge in [-0.2, -0.15) is 0 Å². The van der Waals surface area contributed by atoms with Gasteiger partial charge in [0.05, 0.1) is 0 Å². The lowest BCUT2D eigenvalue weighted by Gasteiger charge is -2.15. The lowest BCUT2D eigenvalue weighted by molar-refractivity contribution is 0.117. The molecular formula is C15H14F3NO2. The van der Waals surface area contributed by atoms with Crippen molar-refractivity contribution in [3.8, 4) is 5.75 Å². The van der Waals surface area contributed by atoms with E-state index in [-0.39, 0.29) is 13.2 Å². The zero-order valence-electron chi connectivity index (χ0n) is 11.0. The lowest BCUT2D eigenvalue weighted by Crippen LogP contribution is -2.27. The highest BCUT2D eigenvalue weighted by atomic mass is 19.1. The van der Waals surface area contributed by atoms with Gasteiger partial charge in [-0.05, 0) is 12.1 Å². The quantitative estimate of drug-likeness (QED) is 0.861. The summed E-state index contributed by atoms with van der Waals surface area (Å²) in [5, 5.41) is 12.1. The molecule has 0 aliphatic rings. The van der Waals surface area contributed by atoms with Crippen LogP contribution < -0.4 is 10.1 Å². The molecule has 0 heterocycles. The van der Waals surface area contributed by atoms with E-state index in [4.69, 9.17) is 4.74 Å². The van der Waals surface area contributed by atoms with Crippen LogP contribution in [0, 0.1) is 17.5 Å². The van der Waals surface area contributed by atoms with Gasteiger partial charge in [-0.3, -0.25) is 0 Å². The second kappa shape index (κ2) is 6.99. The van der Waals surface area contributed by atoms with Gasteiger partial charge in [-0.15, -0.1) is 0 Å². The lowest BCUT2D eigenvalue weighted by atomic mass is 10.2. The number of nitrogens with one attached hydrogen (secondary N) is 1. The highest BCUT2D eigenvalue weighted by Gasteiger charge is 2.13. The van der Waals surface area contributed by atoms with Gasteiger partial charge in [0.1, 0.15) is 30.0 Å². The van der Waals surface area contributed by atoms with E-state index in [0.717, 1.165) is 0 Å². The van der Waals surface area contributed by atoms with Gasteiger partial charge in [0.25, 0.3) is 0 Å². The molecule has 0 aliphatic heterocycles. The topological polar surface area (TPSA) is 41.5 Å². The number of hydrogen-bond acceptors (Lipinski definition) is 3. The summed E-state index contributed by atoms with van der Waals surface area (Å²) in [5.74, 6) is -2.52. The molecule has 2 N–H and O–H groups in total. The van der Waals surface area contributed by atoms with E-state index in [1.807, 2.05) is 6.07 Å². The van der Waals surface area contributed by atoms with Crippen molar-refractivity contribution in [3.63, 3.8) is 0 Å². The van der Waals surface area contributed by atoms with E-state index in [1.54, 1.807) is 24.3 Å². The third-order valence-corrected chi connectivity index (χ3v) is 2.71. The molecule has 0 fully saturated rings. The molecule has 0 aromatic heterocycles. The average molecular weight is 297 g/mol. The third-order valence-electron chi connectivity index (χ3n) is 2.71. The average Bonchev–Trinajstić information content (AvgIpc) is 2.45.